The van der Waals surface area contributed by atoms with Crippen LogP contribution in [-0.4, -0.2) is 47.4 Å². The molecule has 2 amide bonds. The molecule has 0 bridgehead atoms. The van der Waals surface area contributed by atoms with Crippen LogP contribution in [0.5, 0.6) is 0 Å². The van der Waals surface area contributed by atoms with Gasteiger partial charge in [-0.3, -0.25) is 9.59 Å². The van der Waals surface area contributed by atoms with Gasteiger partial charge in [-0.25, -0.2) is 0 Å². The number of nitrogens with zero attached hydrogens (tertiary/aromatic N) is 2. The normalized spacial score (nSPS) is 14.9. The van der Waals surface area contributed by atoms with Crippen LogP contribution < -0.4 is 0 Å². The smallest absolute Gasteiger partial charge is 0.254 e. The van der Waals surface area contributed by atoms with E-state index < -0.39 is 0 Å². The van der Waals surface area contributed by atoms with E-state index in [-0.39, 0.29) is 24.5 Å². The van der Waals surface area contributed by atoms with Gasteiger partial charge in [-0.1, -0.05) is 62.2 Å². The molecule has 2 aromatic carbocycles. The molecule has 202 valence electrons. The van der Waals surface area contributed by atoms with Crippen LogP contribution in [0.1, 0.15) is 72.0 Å². The second kappa shape index (κ2) is 14.0. The van der Waals surface area contributed by atoms with Crippen LogP contribution >= 0.6 is 0 Å². The van der Waals surface area contributed by atoms with Gasteiger partial charge in [0.25, 0.3) is 5.91 Å². The molecule has 3 aromatic rings. The van der Waals surface area contributed by atoms with Crippen molar-refractivity contribution in [3.8, 4) is 0 Å². The summed E-state index contributed by atoms with van der Waals surface area (Å²) in [5.41, 5.74) is 2.87. The first kappa shape index (κ1) is 27.6. The van der Waals surface area contributed by atoms with E-state index >= 15 is 0 Å². The van der Waals surface area contributed by atoms with E-state index in [1.54, 1.807) is 9.80 Å². The van der Waals surface area contributed by atoms with Crippen LogP contribution in [0.15, 0.2) is 71.1 Å². The van der Waals surface area contributed by atoms with Gasteiger partial charge in [-0.15, -0.1) is 0 Å². The summed E-state index contributed by atoms with van der Waals surface area (Å²) in [5.74, 6) is 1.27. The van der Waals surface area contributed by atoms with Gasteiger partial charge in [0.2, 0.25) is 5.91 Å². The van der Waals surface area contributed by atoms with E-state index in [0.717, 1.165) is 42.8 Å². The molecule has 1 saturated heterocycles. The zero-order valence-electron chi connectivity index (χ0n) is 22.7. The van der Waals surface area contributed by atoms with Crippen molar-refractivity contribution >= 4 is 11.8 Å². The van der Waals surface area contributed by atoms with Gasteiger partial charge in [-0.2, -0.15) is 0 Å². The summed E-state index contributed by atoms with van der Waals surface area (Å²) >= 11 is 0. The average molecular weight is 517 g/mol. The van der Waals surface area contributed by atoms with Gasteiger partial charge >= 0.3 is 0 Å². The van der Waals surface area contributed by atoms with Crippen molar-refractivity contribution in [1.29, 1.82) is 0 Å². The Hall–Kier alpha value is -3.38. The predicted molar refractivity (Wildman–Crippen MR) is 149 cm³/mol. The van der Waals surface area contributed by atoms with Gasteiger partial charge in [0.1, 0.15) is 18.1 Å². The maximum Gasteiger partial charge on any atom is 0.254 e. The standard InChI is InChI=1S/C32H40N2O4/c1-3-4-6-10-26-15-17-28(18-16-26)32(36)34(22-29-13-9-20-37-29)24-31(35)33(21-27-11-7-5-8-12-27)23-30-19-14-25(2)38-30/h5,7-8,11-12,14-19,29H,3-4,6,9-10,13,20-24H2,1-2H3. The first-order chi connectivity index (χ1) is 18.5. The van der Waals surface area contributed by atoms with Gasteiger partial charge in [0.15, 0.2) is 0 Å². The highest BCUT2D eigenvalue weighted by atomic mass is 16.5. The fourth-order valence-electron chi connectivity index (χ4n) is 4.89. The maximum atomic E-state index is 13.7. The molecule has 1 aliphatic rings. The lowest BCUT2D eigenvalue weighted by Crippen LogP contribution is -2.45. The minimum atomic E-state index is -0.137. The summed E-state index contributed by atoms with van der Waals surface area (Å²) in [4.78, 5) is 30.8. The van der Waals surface area contributed by atoms with Crippen LogP contribution in [0, 0.1) is 6.92 Å². The fourth-order valence-corrected chi connectivity index (χ4v) is 4.89. The van der Waals surface area contributed by atoms with E-state index in [4.69, 9.17) is 9.15 Å². The van der Waals surface area contributed by atoms with Crippen LogP contribution in [0.3, 0.4) is 0 Å². The summed E-state index contributed by atoms with van der Waals surface area (Å²) in [6.07, 6.45) is 6.38. The highest BCUT2D eigenvalue weighted by Crippen LogP contribution is 2.18. The largest absolute Gasteiger partial charge is 0.464 e. The number of carbonyl (C=O) groups excluding carboxylic acids is 2. The number of ether oxygens (including phenoxy) is 1. The summed E-state index contributed by atoms with van der Waals surface area (Å²) in [5, 5.41) is 0. The Labute approximate surface area is 226 Å². The Balaban J connectivity index is 1.50. The SMILES string of the molecule is CCCCCc1ccc(C(=O)N(CC(=O)N(Cc2ccccc2)Cc2ccc(C)o2)CC2CCCO2)cc1. The topological polar surface area (TPSA) is 63.0 Å². The second-order valence-corrected chi connectivity index (χ2v) is 10.2. The van der Waals surface area contributed by atoms with E-state index in [1.807, 2.05) is 73.7 Å². The number of amides is 2. The zero-order chi connectivity index (χ0) is 26.7. The summed E-state index contributed by atoms with van der Waals surface area (Å²) < 4.78 is 11.6. The highest BCUT2D eigenvalue weighted by molar-refractivity contribution is 5.96. The molecule has 0 radical (unpaired) electrons. The first-order valence-corrected chi connectivity index (χ1v) is 13.9. The lowest BCUT2D eigenvalue weighted by molar-refractivity contribution is -0.133. The van der Waals surface area contributed by atoms with Crippen molar-refractivity contribution in [2.24, 2.45) is 0 Å². The van der Waals surface area contributed by atoms with Gasteiger partial charge < -0.3 is 19.0 Å². The quantitative estimate of drug-likeness (QED) is 0.255. The van der Waals surface area contributed by atoms with E-state index in [2.05, 4.69) is 6.92 Å². The number of rotatable bonds is 13. The third-order valence-electron chi connectivity index (χ3n) is 7.04. The first-order valence-electron chi connectivity index (χ1n) is 13.9. The lowest BCUT2D eigenvalue weighted by atomic mass is 10.0. The minimum absolute atomic E-state index is 0.0104. The Kier molecular flexibility index (Phi) is 10.2. The number of hydrogen-bond acceptors (Lipinski definition) is 4. The average Bonchev–Trinajstić information content (AvgIpc) is 3.60. The molecule has 0 saturated carbocycles. The van der Waals surface area contributed by atoms with Crippen molar-refractivity contribution in [1.82, 2.24) is 9.80 Å². The highest BCUT2D eigenvalue weighted by Gasteiger charge is 2.27. The Morgan fingerprint density at radius 3 is 2.34 bits per heavy atom. The number of hydrogen-bond donors (Lipinski definition) is 0. The van der Waals surface area contributed by atoms with E-state index in [1.165, 1.54) is 18.4 Å². The molecule has 0 aliphatic carbocycles. The molecule has 1 atom stereocenters. The zero-order valence-corrected chi connectivity index (χ0v) is 22.7. The third kappa shape index (κ3) is 8.06. The molecule has 1 unspecified atom stereocenters. The summed E-state index contributed by atoms with van der Waals surface area (Å²) in [7, 11) is 0. The van der Waals surface area contributed by atoms with Gasteiger partial charge in [-0.05, 0) is 68.0 Å². The van der Waals surface area contributed by atoms with Gasteiger partial charge in [0, 0.05) is 25.3 Å². The Bertz CT molecular complexity index is 1150. The van der Waals surface area contributed by atoms with Crippen molar-refractivity contribution in [3.63, 3.8) is 0 Å². The van der Waals surface area contributed by atoms with Crippen LogP contribution in [0.2, 0.25) is 0 Å². The van der Waals surface area contributed by atoms with E-state index in [9.17, 15) is 9.59 Å². The molecule has 1 aliphatic heterocycles. The lowest BCUT2D eigenvalue weighted by Gasteiger charge is -2.29. The van der Waals surface area contributed by atoms with Crippen molar-refractivity contribution in [2.75, 3.05) is 19.7 Å². The van der Waals surface area contributed by atoms with Crippen LogP contribution in [0.25, 0.3) is 0 Å². The molecule has 0 spiro atoms. The molecule has 0 N–H and O–H groups in total. The van der Waals surface area contributed by atoms with Gasteiger partial charge in [0.05, 0.1) is 12.6 Å². The number of unbranched alkanes of at least 4 members (excludes halogenated alkanes) is 2. The summed E-state index contributed by atoms with van der Waals surface area (Å²) in [6.45, 7) is 5.96. The molecule has 2 heterocycles. The number of aryl methyl sites for hydroxylation is 2. The Morgan fingerprint density at radius 2 is 1.68 bits per heavy atom. The molecule has 1 fully saturated rings. The number of furan rings is 1. The van der Waals surface area contributed by atoms with Crippen molar-refractivity contribution in [2.45, 2.75) is 71.6 Å². The molecule has 6 nitrogen and oxygen atoms in total. The molecular weight excluding hydrogens is 476 g/mol. The van der Waals surface area contributed by atoms with E-state index in [0.29, 0.717) is 31.8 Å². The second-order valence-electron chi connectivity index (χ2n) is 10.2. The fraction of sp³-hybridized carbons (Fsp3) is 0.438. The molecule has 4 rings (SSSR count). The number of benzene rings is 2. The van der Waals surface area contributed by atoms with Crippen LogP contribution in [0.4, 0.5) is 0 Å². The van der Waals surface area contributed by atoms with Crippen molar-refractivity contribution in [3.05, 3.63) is 94.9 Å². The predicted octanol–water partition coefficient (Wildman–Crippen LogP) is 6.17. The van der Waals surface area contributed by atoms with Crippen molar-refractivity contribution < 1.29 is 18.7 Å². The van der Waals surface area contributed by atoms with Crippen LogP contribution in [-0.2, 0) is 29.0 Å². The Morgan fingerprint density at radius 1 is 0.895 bits per heavy atom. The maximum absolute atomic E-state index is 13.7. The molecular formula is C32H40N2O4. The monoisotopic (exact) mass is 516 g/mol. The molecule has 1 aromatic heterocycles. The number of carbonyl (C=O) groups is 2. The summed E-state index contributed by atoms with van der Waals surface area (Å²) in [6, 6.07) is 21.6. The molecule has 6 heteroatoms. The third-order valence-corrected chi connectivity index (χ3v) is 7.04. The minimum Gasteiger partial charge on any atom is -0.464 e. The molecule has 38 heavy (non-hydrogen) atoms.